The van der Waals surface area contributed by atoms with Gasteiger partial charge in [-0.3, -0.25) is 4.90 Å². The van der Waals surface area contributed by atoms with Crippen LogP contribution in [0.2, 0.25) is 0 Å². The second-order valence-electron chi connectivity index (χ2n) is 5.52. The molecule has 0 aromatic heterocycles. The van der Waals surface area contributed by atoms with Crippen molar-refractivity contribution < 1.29 is 0 Å². The van der Waals surface area contributed by atoms with E-state index in [0.29, 0.717) is 0 Å². The number of aryl methyl sites for hydroxylation is 2. The Balaban J connectivity index is 1.99. The van der Waals surface area contributed by atoms with Crippen molar-refractivity contribution in [1.29, 1.82) is 0 Å². The summed E-state index contributed by atoms with van der Waals surface area (Å²) < 4.78 is 0. The smallest absolute Gasteiger partial charge is 0.0236 e. The topological polar surface area (TPSA) is 3.24 Å². The second kappa shape index (κ2) is 6.72. The van der Waals surface area contributed by atoms with Gasteiger partial charge in [0.05, 0.1) is 0 Å². The summed E-state index contributed by atoms with van der Waals surface area (Å²) >= 11 is 3.55. The maximum Gasteiger partial charge on any atom is 0.0236 e. The summed E-state index contributed by atoms with van der Waals surface area (Å²) in [6.45, 7) is 6.75. The summed E-state index contributed by atoms with van der Waals surface area (Å²) in [5, 5.41) is 1.11. The van der Waals surface area contributed by atoms with Gasteiger partial charge < -0.3 is 0 Å². The van der Waals surface area contributed by atoms with Gasteiger partial charge in [-0.15, -0.1) is 0 Å². The first-order chi connectivity index (χ1) is 8.70. The van der Waals surface area contributed by atoms with Crippen molar-refractivity contribution in [2.45, 2.75) is 52.1 Å². The molecule has 0 N–H and O–H groups in total. The summed E-state index contributed by atoms with van der Waals surface area (Å²) in [5.41, 5.74) is 4.29. The van der Waals surface area contributed by atoms with Crippen molar-refractivity contribution in [3.63, 3.8) is 0 Å². The van der Waals surface area contributed by atoms with Crippen molar-refractivity contribution in [1.82, 2.24) is 4.90 Å². The molecular weight excluding hydrogens is 286 g/mol. The van der Waals surface area contributed by atoms with Crippen LogP contribution in [0.25, 0.3) is 0 Å². The maximum absolute atomic E-state index is 3.55. The van der Waals surface area contributed by atoms with E-state index in [1.54, 1.807) is 0 Å². The second-order valence-corrected chi connectivity index (χ2v) is 6.31. The van der Waals surface area contributed by atoms with Gasteiger partial charge in [0.2, 0.25) is 0 Å². The van der Waals surface area contributed by atoms with Crippen LogP contribution in [0.5, 0.6) is 0 Å². The number of hydrogen-bond donors (Lipinski definition) is 0. The van der Waals surface area contributed by atoms with E-state index in [-0.39, 0.29) is 0 Å². The van der Waals surface area contributed by atoms with E-state index in [1.807, 2.05) is 0 Å². The molecule has 2 heteroatoms. The zero-order chi connectivity index (χ0) is 13.0. The normalized spacial score (nSPS) is 16.0. The number of rotatable bonds is 6. The first-order valence-electron chi connectivity index (χ1n) is 7.07. The lowest BCUT2D eigenvalue weighted by Gasteiger charge is -2.37. The summed E-state index contributed by atoms with van der Waals surface area (Å²) in [4.78, 5) is 2.68. The lowest BCUT2D eigenvalue weighted by molar-refractivity contribution is 0.120. The zero-order valence-electron chi connectivity index (χ0n) is 11.6. The van der Waals surface area contributed by atoms with Crippen LogP contribution in [-0.2, 0) is 6.54 Å². The van der Waals surface area contributed by atoms with E-state index in [1.165, 1.54) is 48.9 Å². The summed E-state index contributed by atoms with van der Waals surface area (Å²) in [5.74, 6) is 0. The van der Waals surface area contributed by atoms with Crippen molar-refractivity contribution >= 4 is 15.9 Å². The third-order valence-electron chi connectivity index (χ3n) is 4.13. The van der Waals surface area contributed by atoms with E-state index >= 15 is 0 Å². The Morgan fingerprint density at radius 1 is 1.22 bits per heavy atom. The van der Waals surface area contributed by atoms with Crippen LogP contribution in [0, 0.1) is 13.8 Å². The molecule has 0 radical (unpaired) electrons. The van der Waals surface area contributed by atoms with Crippen LogP contribution in [0.3, 0.4) is 0 Å². The Morgan fingerprint density at radius 3 is 2.56 bits per heavy atom. The molecule has 1 aromatic rings. The molecule has 100 valence electrons. The molecule has 0 aliphatic heterocycles. The van der Waals surface area contributed by atoms with Crippen molar-refractivity contribution in [3.8, 4) is 0 Å². The molecule has 0 unspecified atom stereocenters. The number of halogens is 1. The highest BCUT2D eigenvalue weighted by molar-refractivity contribution is 9.09. The Labute approximate surface area is 120 Å². The molecule has 1 nitrogen and oxygen atoms in total. The van der Waals surface area contributed by atoms with Gasteiger partial charge in [0.25, 0.3) is 0 Å². The predicted molar refractivity (Wildman–Crippen MR) is 82.4 cm³/mol. The molecular formula is C16H24BrN. The van der Waals surface area contributed by atoms with Gasteiger partial charge in [-0.25, -0.2) is 0 Å². The van der Waals surface area contributed by atoms with Gasteiger partial charge in [-0.1, -0.05) is 40.5 Å². The highest BCUT2D eigenvalue weighted by Crippen LogP contribution is 2.26. The Hall–Kier alpha value is -0.340. The minimum absolute atomic E-state index is 0.839. The number of benzene rings is 1. The van der Waals surface area contributed by atoms with Gasteiger partial charge in [-0.05, 0) is 56.3 Å². The van der Waals surface area contributed by atoms with Gasteiger partial charge in [-0.2, -0.15) is 0 Å². The Morgan fingerprint density at radius 2 is 2.00 bits per heavy atom. The van der Waals surface area contributed by atoms with Crippen LogP contribution < -0.4 is 0 Å². The molecule has 0 spiro atoms. The van der Waals surface area contributed by atoms with Crippen LogP contribution >= 0.6 is 15.9 Å². The molecule has 18 heavy (non-hydrogen) atoms. The van der Waals surface area contributed by atoms with Crippen LogP contribution in [-0.4, -0.2) is 22.8 Å². The van der Waals surface area contributed by atoms with E-state index < -0.39 is 0 Å². The van der Waals surface area contributed by atoms with Crippen LogP contribution in [0.15, 0.2) is 18.2 Å². The molecule has 0 heterocycles. The third-order valence-corrected chi connectivity index (χ3v) is 4.69. The molecule has 1 aliphatic rings. The molecule has 1 saturated carbocycles. The Bertz CT molecular complexity index is 385. The summed E-state index contributed by atoms with van der Waals surface area (Å²) in [6.07, 6.45) is 5.46. The number of alkyl halides is 1. The minimum Gasteiger partial charge on any atom is -0.296 e. The fourth-order valence-corrected chi connectivity index (χ4v) is 2.79. The average Bonchev–Trinajstić information content (AvgIpc) is 2.28. The molecule has 1 aliphatic carbocycles. The highest BCUT2D eigenvalue weighted by Gasteiger charge is 2.24. The quantitative estimate of drug-likeness (QED) is 0.702. The molecule has 0 atom stereocenters. The highest BCUT2D eigenvalue weighted by atomic mass is 79.9. The average molecular weight is 310 g/mol. The van der Waals surface area contributed by atoms with Crippen LogP contribution in [0.4, 0.5) is 0 Å². The van der Waals surface area contributed by atoms with E-state index in [2.05, 4.69) is 52.9 Å². The monoisotopic (exact) mass is 309 g/mol. The van der Waals surface area contributed by atoms with Crippen molar-refractivity contribution in [2.24, 2.45) is 0 Å². The van der Waals surface area contributed by atoms with Crippen molar-refractivity contribution in [3.05, 3.63) is 34.9 Å². The fraction of sp³-hybridized carbons (Fsp3) is 0.625. The predicted octanol–water partition coefficient (Wildman–Crippen LogP) is 4.44. The summed E-state index contributed by atoms with van der Waals surface area (Å²) in [7, 11) is 0. The largest absolute Gasteiger partial charge is 0.296 e. The Kier molecular flexibility index (Phi) is 5.25. The van der Waals surface area contributed by atoms with Gasteiger partial charge >= 0.3 is 0 Å². The molecule has 1 aromatic carbocycles. The fourth-order valence-electron chi connectivity index (χ4n) is 2.54. The molecule has 2 rings (SSSR count). The number of hydrogen-bond acceptors (Lipinski definition) is 1. The lowest BCUT2D eigenvalue weighted by atomic mass is 9.91. The number of nitrogens with zero attached hydrogens (tertiary/aromatic N) is 1. The van der Waals surface area contributed by atoms with Gasteiger partial charge in [0.1, 0.15) is 0 Å². The van der Waals surface area contributed by atoms with E-state index in [0.717, 1.165) is 17.9 Å². The first-order valence-corrected chi connectivity index (χ1v) is 8.19. The molecule has 1 fully saturated rings. The van der Waals surface area contributed by atoms with Gasteiger partial charge in [0.15, 0.2) is 0 Å². The standard InChI is InChI=1S/C16H24BrN/c1-13-7-8-15(11-14(13)2)12-18(10-4-9-17)16-5-3-6-16/h7-8,11,16H,3-6,9-10,12H2,1-2H3. The molecule has 0 amide bonds. The van der Waals surface area contributed by atoms with Crippen LogP contribution in [0.1, 0.15) is 42.4 Å². The molecule has 0 bridgehead atoms. The van der Waals surface area contributed by atoms with E-state index in [4.69, 9.17) is 0 Å². The maximum atomic E-state index is 3.55. The SMILES string of the molecule is Cc1ccc(CN(CCCBr)C2CCC2)cc1C. The van der Waals surface area contributed by atoms with Gasteiger partial charge in [0, 0.05) is 17.9 Å². The van der Waals surface area contributed by atoms with Crippen molar-refractivity contribution in [2.75, 3.05) is 11.9 Å². The summed E-state index contributed by atoms with van der Waals surface area (Å²) in [6, 6.07) is 7.75. The minimum atomic E-state index is 0.839. The molecule has 0 saturated heterocycles. The lowest BCUT2D eigenvalue weighted by Crippen LogP contribution is -2.40. The zero-order valence-corrected chi connectivity index (χ0v) is 13.2. The van der Waals surface area contributed by atoms with E-state index in [9.17, 15) is 0 Å². The first kappa shape index (κ1) is 14.1. The third kappa shape index (κ3) is 3.58.